The number of imidazole rings is 1. The van der Waals surface area contributed by atoms with E-state index in [1.165, 1.54) is 18.4 Å². The summed E-state index contributed by atoms with van der Waals surface area (Å²) in [6.07, 6.45) is 5.66. The predicted octanol–water partition coefficient (Wildman–Crippen LogP) is 2.44. The second kappa shape index (κ2) is 4.28. The third kappa shape index (κ3) is 2.08. The summed E-state index contributed by atoms with van der Waals surface area (Å²) in [5, 5.41) is 0. The van der Waals surface area contributed by atoms with Gasteiger partial charge in [-0.15, -0.1) is 0 Å². The standard InChI is InChI=1S/C14H19N3O/c1-18-7-6-14(4-5-14)9-17-10-16-12-8-11(15)2-3-13(12)17/h2-3,8,10H,4-7,9,15H2,1H3. The number of anilines is 1. The molecule has 4 nitrogen and oxygen atoms in total. The number of nitrogens with zero attached hydrogens (tertiary/aromatic N) is 2. The van der Waals surface area contributed by atoms with Crippen molar-refractivity contribution in [2.75, 3.05) is 19.5 Å². The smallest absolute Gasteiger partial charge is 0.0958 e. The topological polar surface area (TPSA) is 53.1 Å². The zero-order valence-electron chi connectivity index (χ0n) is 10.7. The van der Waals surface area contributed by atoms with E-state index >= 15 is 0 Å². The maximum atomic E-state index is 5.77. The number of hydrogen-bond donors (Lipinski definition) is 1. The number of methoxy groups -OCH3 is 1. The molecule has 1 heterocycles. The molecule has 2 N–H and O–H groups in total. The Hall–Kier alpha value is -1.55. The second-order valence-electron chi connectivity index (χ2n) is 5.36. The molecule has 1 aliphatic rings. The van der Waals surface area contributed by atoms with Crippen molar-refractivity contribution >= 4 is 16.7 Å². The zero-order chi connectivity index (χ0) is 12.6. The van der Waals surface area contributed by atoms with Gasteiger partial charge in [-0.2, -0.15) is 0 Å². The Morgan fingerprint density at radius 2 is 2.28 bits per heavy atom. The van der Waals surface area contributed by atoms with Crippen LogP contribution in [0.4, 0.5) is 5.69 Å². The fourth-order valence-electron chi connectivity index (χ4n) is 2.55. The number of fused-ring (bicyclic) bond motifs is 1. The van der Waals surface area contributed by atoms with Crippen molar-refractivity contribution in [2.45, 2.75) is 25.8 Å². The first-order valence-electron chi connectivity index (χ1n) is 6.42. The van der Waals surface area contributed by atoms with Crippen molar-refractivity contribution in [3.8, 4) is 0 Å². The monoisotopic (exact) mass is 245 g/mol. The van der Waals surface area contributed by atoms with Crippen LogP contribution >= 0.6 is 0 Å². The Bertz CT molecular complexity index is 557. The maximum Gasteiger partial charge on any atom is 0.0958 e. The molecular weight excluding hydrogens is 226 g/mol. The van der Waals surface area contributed by atoms with E-state index in [0.717, 1.165) is 30.8 Å². The van der Waals surface area contributed by atoms with Gasteiger partial charge in [-0.1, -0.05) is 0 Å². The van der Waals surface area contributed by atoms with Crippen LogP contribution in [0.1, 0.15) is 19.3 Å². The molecule has 1 aromatic heterocycles. The van der Waals surface area contributed by atoms with Gasteiger partial charge in [0, 0.05) is 25.9 Å². The fraction of sp³-hybridized carbons (Fsp3) is 0.500. The molecule has 1 fully saturated rings. The molecule has 4 heteroatoms. The van der Waals surface area contributed by atoms with Crippen LogP contribution in [0.5, 0.6) is 0 Å². The van der Waals surface area contributed by atoms with Crippen LogP contribution in [0.3, 0.4) is 0 Å². The molecule has 96 valence electrons. The number of hydrogen-bond acceptors (Lipinski definition) is 3. The van der Waals surface area contributed by atoms with Crippen molar-refractivity contribution in [3.63, 3.8) is 0 Å². The van der Waals surface area contributed by atoms with E-state index in [9.17, 15) is 0 Å². The van der Waals surface area contributed by atoms with E-state index < -0.39 is 0 Å². The van der Waals surface area contributed by atoms with Crippen LogP contribution in [0, 0.1) is 5.41 Å². The van der Waals surface area contributed by atoms with Crippen molar-refractivity contribution < 1.29 is 4.74 Å². The Morgan fingerprint density at radius 1 is 1.44 bits per heavy atom. The summed E-state index contributed by atoms with van der Waals surface area (Å²) in [7, 11) is 1.77. The van der Waals surface area contributed by atoms with Gasteiger partial charge in [0.05, 0.1) is 17.4 Å². The quantitative estimate of drug-likeness (QED) is 0.823. The predicted molar refractivity (Wildman–Crippen MR) is 72.3 cm³/mol. The minimum absolute atomic E-state index is 0.436. The van der Waals surface area contributed by atoms with Crippen LogP contribution in [-0.2, 0) is 11.3 Å². The largest absolute Gasteiger partial charge is 0.399 e. The molecule has 0 atom stereocenters. The summed E-state index contributed by atoms with van der Waals surface area (Å²) in [6, 6.07) is 5.93. The van der Waals surface area contributed by atoms with Gasteiger partial charge in [-0.3, -0.25) is 0 Å². The first-order chi connectivity index (χ1) is 8.72. The van der Waals surface area contributed by atoms with Crippen molar-refractivity contribution in [2.24, 2.45) is 5.41 Å². The van der Waals surface area contributed by atoms with Gasteiger partial charge >= 0.3 is 0 Å². The number of aromatic nitrogens is 2. The van der Waals surface area contributed by atoms with Crippen LogP contribution in [-0.4, -0.2) is 23.3 Å². The van der Waals surface area contributed by atoms with E-state index in [1.807, 2.05) is 18.5 Å². The molecule has 0 amide bonds. The lowest BCUT2D eigenvalue weighted by Gasteiger charge is -2.15. The Morgan fingerprint density at radius 3 is 3.00 bits per heavy atom. The SMILES string of the molecule is COCCC1(Cn2cnc3cc(N)ccc32)CC1. The number of nitrogens with two attached hydrogens (primary N) is 1. The third-order valence-electron chi connectivity index (χ3n) is 3.94. The fourth-order valence-corrected chi connectivity index (χ4v) is 2.55. The second-order valence-corrected chi connectivity index (χ2v) is 5.36. The lowest BCUT2D eigenvalue weighted by Crippen LogP contribution is -2.13. The third-order valence-corrected chi connectivity index (χ3v) is 3.94. The molecule has 1 aromatic carbocycles. The van der Waals surface area contributed by atoms with Gasteiger partial charge in [-0.25, -0.2) is 4.98 Å². The molecule has 0 spiro atoms. The lowest BCUT2D eigenvalue weighted by atomic mass is 10.0. The summed E-state index contributed by atoms with van der Waals surface area (Å²) >= 11 is 0. The van der Waals surface area contributed by atoms with Gasteiger partial charge in [0.15, 0.2) is 0 Å². The minimum Gasteiger partial charge on any atom is -0.399 e. The summed E-state index contributed by atoms with van der Waals surface area (Å²) in [5.74, 6) is 0. The van der Waals surface area contributed by atoms with Crippen molar-refractivity contribution in [1.82, 2.24) is 9.55 Å². The molecular formula is C14H19N3O. The first-order valence-corrected chi connectivity index (χ1v) is 6.42. The highest BCUT2D eigenvalue weighted by atomic mass is 16.5. The van der Waals surface area contributed by atoms with Gasteiger partial charge in [0.2, 0.25) is 0 Å². The highest BCUT2D eigenvalue weighted by Gasteiger charge is 2.42. The van der Waals surface area contributed by atoms with E-state index in [-0.39, 0.29) is 0 Å². The van der Waals surface area contributed by atoms with Crippen LogP contribution < -0.4 is 5.73 Å². The number of nitrogen functional groups attached to an aromatic ring is 1. The van der Waals surface area contributed by atoms with E-state index in [0.29, 0.717) is 5.41 Å². The summed E-state index contributed by atoms with van der Waals surface area (Å²) in [5.41, 5.74) is 9.14. The molecule has 0 saturated heterocycles. The summed E-state index contributed by atoms with van der Waals surface area (Å²) in [6.45, 7) is 1.89. The molecule has 0 bridgehead atoms. The van der Waals surface area contributed by atoms with Crippen LogP contribution in [0.15, 0.2) is 24.5 Å². The van der Waals surface area contributed by atoms with Crippen molar-refractivity contribution in [1.29, 1.82) is 0 Å². The molecule has 3 rings (SSSR count). The Balaban J connectivity index is 1.83. The molecule has 18 heavy (non-hydrogen) atoms. The molecule has 0 unspecified atom stereocenters. The normalized spacial score (nSPS) is 17.2. The van der Waals surface area contributed by atoms with Gasteiger partial charge < -0.3 is 15.0 Å². The Labute approximate surface area is 107 Å². The average molecular weight is 245 g/mol. The first kappa shape index (κ1) is 11.5. The minimum atomic E-state index is 0.436. The summed E-state index contributed by atoms with van der Waals surface area (Å²) < 4.78 is 7.45. The highest BCUT2D eigenvalue weighted by molar-refractivity contribution is 5.78. The number of rotatable bonds is 5. The van der Waals surface area contributed by atoms with E-state index in [1.54, 1.807) is 7.11 Å². The summed E-state index contributed by atoms with van der Waals surface area (Å²) in [4.78, 5) is 4.42. The highest BCUT2D eigenvalue weighted by Crippen LogP contribution is 2.50. The molecule has 1 saturated carbocycles. The number of benzene rings is 1. The van der Waals surface area contributed by atoms with E-state index in [4.69, 9.17) is 10.5 Å². The molecule has 2 aromatic rings. The van der Waals surface area contributed by atoms with Crippen molar-refractivity contribution in [3.05, 3.63) is 24.5 Å². The number of ether oxygens (including phenoxy) is 1. The molecule has 0 aliphatic heterocycles. The van der Waals surface area contributed by atoms with E-state index in [2.05, 4.69) is 15.6 Å². The molecule has 1 aliphatic carbocycles. The van der Waals surface area contributed by atoms with Gasteiger partial charge in [-0.05, 0) is 42.9 Å². The zero-order valence-corrected chi connectivity index (χ0v) is 10.7. The Kier molecular flexibility index (Phi) is 2.74. The van der Waals surface area contributed by atoms with Gasteiger partial charge in [0.25, 0.3) is 0 Å². The maximum absolute atomic E-state index is 5.77. The molecule has 0 radical (unpaired) electrons. The lowest BCUT2D eigenvalue weighted by molar-refractivity contribution is 0.167. The average Bonchev–Trinajstić information content (AvgIpc) is 3.02. The van der Waals surface area contributed by atoms with Crippen LogP contribution in [0.2, 0.25) is 0 Å². The van der Waals surface area contributed by atoms with Gasteiger partial charge in [0.1, 0.15) is 0 Å². The van der Waals surface area contributed by atoms with Crippen LogP contribution in [0.25, 0.3) is 11.0 Å².